The Morgan fingerprint density at radius 1 is 1.37 bits per heavy atom. The molecule has 2 amide bonds. The molecule has 0 fully saturated rings. The van der Waals surface area contributed by atoms with Crippen LogP contribution in [-0.4, -0.2) is 36.9 Å². The molecule has 0 spiro atoms. The van der Waals surface area contributed by atoms with Gasteiger partial charge in [0, 0.05) is 6.54 Å². The lowest BCUT2D eigenvalue weighted by molar-refractivity contribution is 0.219. The molecule has 1 rings (SSSR count). The summed E-state index contributed by atoms with van der Waals surface area (Å²) in [6, 6.07) is 7.35. The summed E-state index contributed by atoms with van der Waals surface area (Å²) in [6.07, 6.45) is 0.731. The number of aliphatic hydroxyl groups excluding tert-OH is 1. The van der Waals surface area contributed by atoms with E-state index in [1.54, 1.807) is 6.92 Å². The number of amides is 2. The molecule has 1 aromatic carbocycles. The van der Waals surface area contributed by atoms with Crippen LogP contribution in [0, 0.1) is 6.92 Å². The van der Waals surface area contributed by atoms with E-state index in [0.717, 1.165) is 12.2 Å². The van der Waals surface area contributed by atoms with Crippen molar-refractivity contribution in [1.82, 2.24) is 10.6 Å². The highest BCUT2D eigenvalue weighted by molar-refractivity contribution is 5.74. The van der Waals surface area contributed by atoms with Crippen LogP contribution in [0.25, 0.3) is 0 Å². The minimum Gasteiger partial charge on any atom is -0.494 e. The lowest BCUT2D eigenvalue weighted by atomic mass is 10.2. The number of nitrogens with one attached hydrogen (secondary N) is 2. The van der Waals surface area contributed by atoms with Crippen LogP contribution in [-0.2, 0) is 0 Å². The van der Waals surface area contributed by atoms with Crippen LogP contribution in [0.2, 0.25) is 0 Å². The van der Waals surface area contributed by atoms with Crippen LogP contribution in [0.1, 0.15) is 18.9 Å². The van der Waals surface area contributed by atoms with Gasteiger partial charge < -0.3 is 20.5 Å². The molecule has 0 saturated heterocycles. The Bertz CT molecular complexity index is 379. The van der Waals surface area contributed by atoms with E-state index < -0.39 is 0 Å². The maximum absolute atomic E-state index is 11.3. The summed E-state index contributed by atoms with van der Waals surface area (Å²) in [5, 5.41) is 14.1. The predicted molar refractivity (Wildman–Crippen MR) is 74.4 cm³/mol. The largest absolute Gasteiger partial charge is 0.494 e. The smallest absolute Gasteiger partial charge is 0.315 e. The second-order valence-electron chi connectivity index (χ2n) is 4.50. The van der Waals surface area contributed by atoms with Crippen LogP contribution < -0.4 is 15.4 Å². The number of aliphatic hydroxyl groups is 1. The molecular weight excluding hydrogens is 244 g/mol. The molecule has 106 valence electrons. The van der Waals surface area contributed by atoms with E-state index in [2.05, 4.69) is 10.6 Å². The van der Waals surface area contributed by atoms with E-state index in [1.165, 1.54) is 5.56 Å². The van der Waals surface area contributed by atoms with E-state index in [-0.39, 0.29) is 18.7 Å². The van der Waals surface area contributed by atoms with E-state index >= 15 is 0 Å². The van der Waals surface area contributed by atoms with Crippen molar-refractivity contribution in [2.75, 3.05) is 19.8 Å². The van der Waals surface area contributed by atoms with Crippen LogP contribution in [0.4, 0.5) is 4.79 Å². The first kappa shape index (κ1) is 15.3. The number of benzene rings is 1. The fourth-order valence-electron chi connectivity index (χ4n) is 1.42. The summed E-state index contributed by atoms with van der Waals surface area (Å²) in [5.74, 6) is 0.837. The summed E-state index contributed by atoms with van der Waals surface area (Å²) < 4.78 is 5.53. The molecule has 19 heavy (non-hydrogen) atoms. The summed E-state index contributed by atoms with van der Waals surface area (Å²) in [7, 11) is 0. The van der Waals surface area contributed by atoms with Gasteiger partial charge in [0.2, 0.25) is 0 Å². The zero-order chi connectivity index (χ0) is 14.1. The van der Waals surface area contributed by atoms with Crippen LogP contribution in [0.15, 0.2) is 24.3 Å². The molecule has 0 saturated carbocycles. The van der Waals surface area contributed by atoms with Gasteiger partial charge in [0.15, 0.2) is 0 Å². The van der Waals surface area contributed by atoms with Gasteiger partial charge in [0.25, 0.3) is 0 Å². The van der Waals surface area contributed by atoms with E-state index in [0.29, 0.717) is 13.2 Å². The van der Waals surface area contributed by atoms with Gasteiger partial charge in [-0.2, -0.15) is 0 Å². The third-order valence-corrected chi connectivity index (χ3v) is 2.55. The van der Waals surface area contributed by atoms with E-state index in [4.69, 9.17) is 9.84 Å². The average Bonchev–Trinajstić information content (AvgIpc) is 2.40. The number of rotatable bonds is 7. The number of carbonyl (C=O) groups is 1. The topological polar surface area (TPSA) is 70.6 Å². The Labute approximate surface area is 114 Å². The minimum atomic E-state index is -0.267. The summed E-state index contributed by atoms with van der Waals surface area (Å²) in [6.45, 7) is 4.79. The lowest BCUT2D eigenvalue weighted by Gasteiger charge is -2.12. The van der Waals surface area contributed by atoms with Crippen molar-refractivity contribution in [1.29, 1.82) is 0 Å². The standard InChI is InChI=1S/C14H22N2O3/c1-11-4-6-13(7-5-11)19-9-3-8-15-14(18)16-12(2)10-17/h4-7,12,17H,3,8-10H2,1-2H3,(H2,15,16,18). The monoisotopic (exact) mass is 266 g/mol. The van der Waals surface area contributed by atoms with Crippen LogP contribution in [0.5, 0.6) is 5.75 Å². The molecule has 0 bridgehead atoms. The van der Waals surface area contributed by atoms with Crippen molar-refractivity contribution in [3.8, 4) is 5.75 Å². The molecule has 5 heteroatoms. The molecular formula is C14H22N2O3. The summed E-state index contributed by atoms with van der Waals surface area (Å²) >= 11 is 0. The fourth-order valence-corrected chi connectivity index (χ4v) is 1.42. The second kappa shape index (κ2) is 8.37. The fraction of sp³-hybridized carbons (Fsp3) is 0.500. The molecule has 1 atom stereocenters. The molecule has 0 heterocycles. The number of urea groups is 1. The van der Waals surface area contributed by atoms with Gasteiger partial charge in [0.1, 0.15) is 5.75 Å². The third-order valence-electron chi connectivity index (χ3n) is 2.55. The number of aryl methyl sites for hydroxylation is 1. The van der Waals surface area contributed by atoms with Crippen molar-refractivity contribution >= 4 is 6.03 Å². The zero-order valence-corrected chi connectivity index (χ0v) is 11.5. The third kappa shape index (κ3) is 6.67. The second-order valence-corrected chi connectivity index (χ2v) is 4.50. The van der Waals surface area contributed by atoms with Crippen molar-refractivity contribution in [3.63, 3.8) is 0 Å². The first-order chi connectivity index (χ1) is 9.11. The summed E-state index contributed by atoms with van der Waals surface area (Å²) in [4.78, 5) is 11.3. The van der Waals surface area contributed by atoms with Gasteiger partial charge in [-0.15, -0.1) is 0 Å². The Hall–Kier alpha value is -1.75. The molecule has 5 nitrogen and oxygen atoms in total. The number of carbonyl (C=O) groups excluding carboxylic acids is 1. The first-order valence-electron chi connectivity index (χ1n) is 6.46. The number of hydrogen-bond donors (Lipinski definition) is 3. The van der Waals surface area contributed by atoms with Crippen molar-refractivity contribution < 1.29 is 14.6 Å². The van der Waals surface area contributed by atoms with Crippen LogP contribution >= 0.6 is 0 Å². The van der Waals surface area contributed by atoms with Crippen molar-refractivity contribution in [2.45, 2.75) is 26.3 Å². The highest BCUT2D eigenvalue weighted by Crippen LogP contribution is 2.11. The quantitative estimate of drug-likeness (QED) is 0.654. The van der Waals surface area contributed by atoms with Gasteiger partial charge in [-0.25, -0.2) is 4.79 Å². The van der Waals surface area contributed by atoms with Gasteiger partial charge in [-0.05, 0) is 32.4 Å². The highest BCUT2D eigenvalue weighted by Gasteiger charge is 2.04. The predicted octanol–water partition coefficient (Wildman–Crippen LogP) is 1.44. The number of ether oxygens (including phenoxy) is 1. The van der Waals surface area contributed by atoms with Crippen molar-refractivity contribution in [2.24, 2.45) is 0 Å². The molecule has 0 aliphatic rings. The van der Waals surface area contributed by atoms with Gasteiger partial charge in [0.05, 0.1) is 19.3 Å². The molecule has 0 aliphatic carbocycles. The van der Waals surface area contributed by atoms with Gasteiger partial charge >= 0.3 is 6.03 Å². The maximum atomic E-state index is 11.3. The molecule has 1 unspecified atom stereocenters. The molecule has 0 aromatic heterocycles. The number of hydrogen-bond acceptors (Lipinski definition) is 3. The van der Waals surface area contributed by atoms with E-state index in [9.17, 15) is 4.79 Å². The SMILES string of the molecule is Cc1ccc(OCCCNC(=O)NC(C)CO)cc1. The first-order valence-corrected chi connectivity index (χ1v) is 6.46. The zero-order valence-electron chi connectivity index (χ0n) is 11.5. The summed E-state index contributed by atoms with van der Waals surface area (Å²) in [5.41, 5.74) is 1.20. The average molecular weight is 266 g/mol. The normalized spacial score (nSPS) is 11.7. The van der Waals surface area contributed by atoms with Gasteiger partial charge in [-0.3, -0.25) is 0 Å². The van der Waals surface area contributed by atoms with Gasteiger partial charge in [-0.1, -0.05) is 17.7 Å². The van der Waals surface area contributed by atoms with Crippen molar-refractivity contribution in [3.05, 3.63) is 29.8 Å². The minimum absolute atomic E-state index is 0.0655. The Morgan fingerprint density at radius 2 is 2.05 bits per heavy atom. The molecule has 0 aliphatic heterocycles. The van der Waals surface area contributed by atoms with Crippen LogP contribution in [0.3, 0.4) is 0 Å². The lowest BCUT2D eigenvalue weighted by Crippen LogP contribution is -2.42. The Kier molecular flexibility index (Phi) is 6.74. The molecule has 3 N–H and O–H groups in total. The highest BCUT2D eigenvalue weighted by atomic mass is 16.5. The maximum Gasteiger partial charge on any atom is 0.315 e. The Morgan fingerprint density at radius 3 is 2.68 bits per heavy atom. The molecule has 1 aromatic rings. The Balaban J connectivity index is 2.08. The molecule has 0 radical (unpaired) electrons. The van der Waals surface area contributed by atoms with E-state index in [1.807, 2.05) is 31.2 Å².